The molecular formula is C17H27N5O2. The summed E-state index contributed by atoms with van der Waals surface area (Å²) in [5.74, 6) is 2.12. The average Bonchev–Trinajstić information content (AvgIpc) is 2.90. The fraction of sp³-hybridized carbons (Fsp3) is 0.706. The molecule has 1 aliphatic heterocycles. The van der Waals surface area contributed by atoms with Gasteiger partial charge in [-0.3, -0.25) is 4.79 Å². The quantitative estimate of drug-likeness (QED) is 0.825. The molecule has 2 heterocycles. The second-order valence-corrected chi connectivity index (χ2v) is 7.44. The topological polar surface area (TPSA) is 79.3 Å². The van der Waals surface area contributed by atoms with E-state index in [1.165, 1.54) is 0 Å². The SMILES string of the molecule is CC(C)Cn1ccnc1CNC(=O)N[C@@H]1CC(=O)N([C@@H]2C[C@@H]2C)C1. The van der Waals surface area contributed by atoms with Crippen LogP contribution >= 0.6 is 0 Å². The highest BCUT2D eigenvalue weighted by molar-refractivity contribution is 5.82. The Morgan fingerprint density at radius 1 is 1.46 bits per heavy atom. The molecule has 7 heteroatoms. The third-order valence-electron chi connectivity index (χ3n) is 4.73. The molecule has 1 aromatic rings. The molecule has 0 bridgehead atoms. The third kappa shape index (κ3) is 3.88. The van der Waals surface area contributed by atoms with Crippen LogP contribution in [-0.4, -0.2) is 45.0 Å². The van der Waals surface area contributed by atoms with E-state index < -0.39 is 0 Å². The number of likely N-dealkylation sites (tertiary alicyclic amines) is 1. The first-order chi connectivity index (χ1) is 11.4. The van der Waals surface area contributed by atoms with Gasteiger partial charge in [0.15, 0.2) is 0 Å². The number of aromatic nitrogens is 2. The van der Waals surface area contributed by atoms with Crippen molar-refractivity contribution in [2.45, 2.75) is 58.8 Å². The van der Waals surface area contributed by atoms with Crippen molar-refractivity contribution in [2.24, 2.45) is 11.8 Å². The van der Waals surface area contributed by atoms with Gasteiger partial charge in [-0.15, -0.1) is 0 Å². The standard InChI is InChI=1S/C17H27N5O2/c1-11(2)9-21-5-4-18-15(21)8-19-17(24)20-13-7-16(23)22(10-13)14-6-12(14)3/h4-5,11-14H,6-10H2,1-3H3,(H2,19,20,24)/t12-,13+,14+/m0/s1. The smallest absolute Gasteiger partial charge is 0.315 e. The molecular weight excluding hydrogens is 306 g/mol. The van der Waals surface area contributed by atoms with Crippen LogP contribution in [-0.2, 0) is 17.9 Å². The van der Waals surface area contributed by atoms with E-state index in [-0.39, 0.29) is 18.0 Å². The summed E-state index contributed by atoms with van der Waals surface area (Å²) in [5, 5.41) is 5.76. The lowest BCUT2D eigenvalue weighted by Crippen LogP contribution is -2.43. The van der Waals surface area contributed by atoms with E-state index in [1.54, 1.807) is 6.20 Å². The van der Waals surface area contributed by atoms with Crippen LogP contribution in [0.15, 0.2) is 12.4 Å². The van der Waals surface area contributed by atoms with Gasteiger partial charge in [0.2, 0.25) is 5.91 Å². The maximum Gasteiger partial charge on any atom is 0.315 e. The summed E-state index contributed by atoms with van der Waals surface area (Å²) in [6, 6.07) is 0.0502. The van der Waals surface area contributed by atoms with Crippen LogP contribution in [0.1, 0.15) is 39.4 Å². The van der Waals surface area contributed by atoms with Crippen molar-refractivity contribution in [2.75, 3.05) is 6.54 Å². The van der Waals surface area contributed by atoms with Crippen LogP contribution < -0.4 is 10.6 Å². The molecule has 1 aliphatic carbocycles. The maximum atomic E-state index is 12.1. The Bertz CT molecular complexity index is 612. The van der Waals surface area contributed by atoms with Crippen molar-refractivity contribution < 1.29 is 9.59 Å². The molecule has 0 unspecified atom stereocenters. The molecule has 3 atom stereocenters. The third-order valence-corrected chi connectivity index (χ3v) is 4.73. The number of nitrogens with zero attached hydrogens (tertiary/aromatic N) is 3. The first kappa shape index (κ1) is 16.8. The number of hydrogen-bond acceptors (Lipinski definition) is 3. The lowest BCUT2D eigenvalue weighted by molar-refractivity contribution is -0.128. The molecule has 0 aromatic carbocycles. The van der Waals surface area contributed by atoms with E-state index in [4.69, 9.17) is 0 Å². The molecule has 0 radical (unpaired) electrons. The molecule has 1 saturated heterocycles. The van der Waals surface area contributed by atoms with Crippen molar-refractivity contribution in [3.63, 3.8) is 0 Å². The fourth-order valence-corrected chi connectivity index (χ4v) is 3.35. The van der Waals surface area contributed by atoms with E-state index in [0.717, 1.165) is 18.8 Å². The van der Waals surface area contributed by atoms with E-state index in [2.05, 4.69) is 41.0 Å². The predicted octanol–water partition coefficient (Wildman–Crippen LogP) is 1.35. The molecule has 1 saturated carbocycles. The van der Waals surface area contributed by atoms with Gasteiger partial charge in [0.1, 0.15) is 5.82 Å². The molecule has 3 rings (SSSR count). The van der Waals surface area contributed by atoms with Crippen LogP contribution in [0.3, 0.4) is 0 Å². The van der Waals surface area contributed by atoms with Gasteiger partial charge in [0.05, 0.1) is 12.6 Å². The summed E-state index contributed by atoms with van der Waals surface area (Å²) in [6.07, 6.45) is 5.17. The first-order valence-corrected chi connectivity index (χ1v) is 8.78. The number of carbonyl (C=O) groups excluding carboxylic acids is 2. The van der Waals surface area contributed by atoms with Gasteiger partial charge in [0, 0.05) is 37.9 Å². The molecule has 2 N–H and O–H groups in total. The summed E-state index contributed by atoms with van der Waals surface area (Å²) in [4.78, 5) is 30.3. The van der Waals surface area contributed by atoms with Gasteiger partial charge in [-0.25, -0.2) is 9.78 Å². The van der Waals surface area contributed by atoms with Crippen LogP contribution in [0.4, 0.5) is 4.79 Å². The molecule has 1 aromatic heterocycles. The number of carbonyl (C=O) groups is 2. The van der Waals surface area contributed by atoms with E-state index in [9.17, 15) is 9.59 Å². The normalized spacial score (nSPS) is 26.1. The summed E-state index contributed by atoms with van der Waals surface area (Å²) >= 11 is 0. The fourth-order valence-electron chi connectivity index (χ4n) is 3.35. The summed E-state index contributed by atoms with van der Waals surface area (Å²) in [6.45, 7) is 8.34. The number of hydrogen-bond donors (Lipinski definition) is 2. The van der Waals surface area contributed by atoms with Crippen molar-refractivity contribution in [1.82, 2.24) is 25.1 Å². The average molecular weight is 333 g/mol. The van der Waals surface area contributed by atoms with Crippen molar-refractivity contribution in [3.8, 4) is 0 Å². The van der Waals surface area contributed by atoms with Gasteiger partial charge in [-0.1, -0.05) is 20.8 Å². The molecule has 3 amide bonds. The Morgan fingerprint density at radius 3 is 2.88 bits per heavy atom. The second kappa shape index (κ2) is 6.83. The molecule has 2 fully saturated rings. The van der Waals surface area contributed by atoms with Crippen molar-refractivity contribution >= 4 is 11.9 Å². The minimum Gasteiger partial charge on any atom is -0.337 e. The summed E-state index contributed by atoms with van der Waals surface area (Å²) in [7, 11) is 0. The molecule has 2 aliphatic rings. The van der Waals surface area contributed by atoms with Gasteiger partial charge in [-0.05, 0) is 18.3 Å². The Hall–Kier alpha value is -2.05. The van der Waals surface area contributed by atoms with Gasteiger partial charge in [-0.2, -0.15) is 0 Å². The molecule has 0 spiro atoms. The van der Waals surface area contributed by atoms with Crippen molar-refractivity contribution in [1.29, 1.82) is 0 Å². The van der Waals surface area contributed by atoms with Gasteiger partial charge >= 0.3 is 6.03 Å². The van der Waals surface area contributed by atoms with Crippen LogP contribution in [0.5, 0.6) is 0 Å². The van der Waals surface area contributed by atoms with E-state index in [1.807, 2.05) is 11.1 Å². The van der Waals surface area contributed by atoms with Crippen LogP contribution in [0.25, 0.3) is 0 Å². The Balaban J connectivity index is 1.45. The number of nitrogens with one attached hydrogen (secondary N) is 2. The lowest BCUT2D eigenvalue weighted by Gasteiger charge is -2.17. The predicted molar refractivity (Wildman–Crippen MR) is 90.1 cm³/mol. The molecule has 24 heavy (non-hydrogen) atoms. The largest absolute Gasteiger partial charge is 0.337 e. The van der Waals surface area contributed by atoms with E-state index >= 15 is 0 Å². The van der Waals surface area contributed by atoms with E-state index in [0.29, 0.717) is 37.4 Å². The minimum atomic E-state index is -0.238. The Kier molecular flexibility index (Phi) is 4.78. The number of rotatable bonds is 6. The first-order valence-electron chi connectivity index (χ1n) is 8.78. The van der Waals surface area contributed by atoms with Gasteiger partial charge in [0.25, 0.3) is 0 Å². The zero-order valence-electron chi connectivity index (χ0n) is 14.7. The highest BCUT2D eigenvalue weighted by Crippen LogP contribution is 2.37. The zero-order valence-corrected chi connectivity index (χ0v) is 14.7. The second-order valence-electron chi connectivity index (χ2n) is 7.44. The van der Waals surface area contributed by atoms with Crippen LogP contribution in [0.2, 0.25) is 0 Å². The summed E-state index contributed by atoms with van der Waals surface area (Å²) < 4.78 is 2.06. The minimum absolute atomic E-state index is 0.0966. The number of urea groups is 1. The highest BCUT2D eigenvalue weighted by Gasteiger charge is 2.44. The number of amides is 3. The highest BCUT2D eigenvalue weighted by atomic mass is 16.2. The monoisotopic (exact) mass is 333 g/mol. The van der Waals surface area contributed by atoms with Crippen LogP contribution in [0, 0.1) is 11.8 Å². The zero-order chi connectivity index (χ0) is 17.3. The maximum absolute atomic E-state index is 12.1. The lowest BCUT2D eigenvalue weighted by atomic mass is 10.2. The van der Waals surface area contributed by atoms with Gasteiger partial charge < -0.3 is 20.1 Å². The molecule has 7 nitrogen and oxygen atoms in total. The summed E-state index contributed by atoms with van der Waals surface area (Å²) in [5.41, 5.74) is 0. The Labute approximate surface area is 142 Å². The van der Waals surface area contributed by atoms with Crippen molar-refractivity contribution in [3.05, 3.63) is 18.2 Å². The number of imidazole rings is 1. The Morgan fingerprint density at radius 2 is 2.21 bits per heavy atom. The molecule has 132 valence electrons.